The van der Waals surface area contributed by atoms with Crippen molar-refractivity contribution < 1.29 is 19.1 Å². The molecule has 2 amide bonds. The number of hydrogen-bond donors (Lipinski definition) is 2. The first kappa shape index (κ1) is 21.0. The number of pyridine rings is 1. The van der Waals surface area contributed by atoms with Crippen molar-refractivity contribution >= 4 is 23.5 Å². The first-order valence-corrected chi connectivity index (χ1v) is 8.89. The molecule has 1 heterocycles. The number of carbonyl (C=O) groups is 3. The highest BCUT2D eigenvalue weighted by Crippen LogP contribution is 2.17. The molecule has 0 atom stereocenters. The predicted molar refractivity (Wildman–Crippen MR) is 105 cm³/mol. The molecular weight excluding hydrogens is 360 g/mol. The van der Waals surface area contributed by atoms with Crippen LogP contribution in [0.3, 0.4) is 0 Å². The molecule has 148 valence electrons. The van der Waals surface area contributed by atoms with E-state index in [1.165, 1.54) is 18.3 Å². The van der Waals surface area contributed by atoms with E-state index in [1.54, 1.807) is 31.2 Å². The van der Waals surface area contributed by atoms with E-state index in [1.807, 2.05) is 19.0 Å². The van der Waals surface area contributed by atoms with Crippen molar-refractivity contribution in [3.63, 3.8) is 0 Å². The summed E-state index contributed by atoms with van der Waals surface area (Å²) in [6.45, 7) is 3.13. The second-order valence-corrected chi connectivity index (χ2v) is 6.21. The number of esters is 1. The molecule has 2 rings (SSSR count). The standard InChI is InChI=1S/C20H24N4O4/c1-4-28-20(27)15-7-5-6-8-16(15)23-19(26)17-13-14(9-10-21-17)18(25)22-11-12-24(2)3/h5-10,13H,4,11-12H2,1-3H3,(H,22,25)(H,23,26). The summed E-state index contributed by atoms with van der Waals surface area (Å²) < 4.78 is 5.00. The van der Waals surface area contributed by atoms with Gasteiger partial charge in [-0.1, -0.05) is 12.1 Å². The Hall–Kier alpha value is -3.26. The van der Waals surface area contributed by atoms with E-state index in [-0.39, 0.29) is 23.8 Å². The van der Waals surface area contributed by atoms with Gasteiger partial charge < -0.3 is 20.3 Å². The summed E-state index contributed by atoms with van der Waals surface area (Å²) in [6, 6.07) is 9.48. The number of amides is 2. The average Bonchev–Trinajstić information content (AvgIpc) is 2.68. The van der Waals surface area contributed by atoms with Crippen LogP contribution in [0.4, 0.5) is 5.69 Å². The van der Waals surface area contributed by atoms with Crippen LogP contribution in [0.25, 0.3) is 0 Å². The Morgan fingerprint density at radius 2 is 1.86 bits per heavy atom. The normalized spacial score (nSPS) is 10.4. The van der Waals surface area contributed by atoms with E-state index in [2.05, 4.69) is 15.6 Å². The zero-order valence-electron chi connectivity index (χ0n) is 16.2. The lowest BCUT2D eigenvalue weighted by atomic mass is 10.1. The molecule has 0 aliphatic carbocycles. The van der Waals surface area contributed by atoms with Crippen molar-refractivity contribution in [1.82, 2.24) is 15.2 Å². The molecule has 2 aromatic rings. The quantitative estimate of drug-likeness (QED) is 0.673. The van der Waals surface area contributed by atoms with Crippen LogP contribution in [0.2, 0.25) is 0 Å². The van der Waals surface area contributed by atoms with Crippen LogP contribution in [-0.4, -0.2) is 61.5 Å². The summed E-state index contributed by atoms with van der Waals surface area (Å²) >= 11 is 0. The molecule has 0 aliphatic heterocycles. The number of anilines is 1. The molecule has 0 saturated heterocycles. The Morgan fingerprint density at radius 1 is 1.11 bits per heavy atom. The van der Waals surface area contributed by atoms with Crippen molar-refractivity contribution in [1.29, 1.82) is 0 Å². The number of ether oxygens (including phenoxy) is 1. The minimum atomic E-state index is -0.528. The largest absolute Gasteiger partial charge is 0.462 e. The Kier molecular flexibility index (Phi) is 7.65. The second kappa shape index (κ2) is 10.2. The zero-order valence-corrected chi connectivity index (χ0v) is 16.2. The maximum atomic E-state index is 12.6. The second-order valence-electron chi connectivity index (χ2n) is 6.21. The highest BCUT2D eigenvalue weighted by atomic mass is 16.5. The van der Waals surface area contributed by atoms with Gasteiger partial charge in [-0.15, -0.1) is 0 Å². The summed E-state index contributed by atoms with van der Waals surface area (Å²) in [5.41, 5.74) is 0.959. The fourth-order valence-electron chi connectivity index (χ4n) is 2.36. The number of benzene rings is 1. The molecular formula is C20H24N4O4. The third-order valence-electron chi connectivity index (χ3n) is 3.77. The lowest BCUT2D eigenvalue weighted by Gasteiger charge is -2.11. The lowest BCUT2D eigenvalue weighted by Crippen LogP contribution is -2.31. The summed E-state index contributed by atoms with van der Waals surface area (Å²) in [4.78, 5) is 42.8. The molecule has 1 aromatic heterocycles. The van der Waals surface area contributed by atoms with Crippen molar-refractivity contribution in [2.75, 3.05) is 39.1 Å². The van der Waals surface area contributed by atoms with Crippen LogP contribution in [0.15, 0.2) is 42.6 Å². The average molecular weight is 384 g/mol. The zero-order chi connectivity index (χ0) is 20.5. The van der Waals surface area contributed by atoms with Crippen LogP contribution in [0, 0.1) is 0 Å². The van der Waals surface area contributed by atoms with Gasteiger partial charge in [-0.2, -0.15) is 0 Å². The lowest BCUT2D eigenvalue weighted by molar-refractivity contribution is 0.0527. The van der Waals surface area contributed by atoms with Crippen molar-refractivity contribution in [3.8, 4) is 0 Å². The number of nitrogens with one attached hydrogen (secondary N) is 2. The maximum Gasteiger partial charge on any atom is 0.340 e. The number of para-hydroxylation sites is 1. The van der Waals surface area contributed by atoms with Crippen LogP contribution in [-0.2, 0) is 4.74 Å². The molecule has 0 bridgehead atoms. The van der Waals surface area contributed by atoms with Gasteiger partial charge in [-0.05, 0) is 45.3 Å². The van der Waals surface area contributed by atoms with E-state index >= 15 is 0 Å². The first-order chi connectivity index (χ1) is 13.4. The van der Waals surface area contributed by atoms with E-state index < -0.39 is 11.9 Å². The van der Waals surface area contributed by atoms with Crippen molar-refractivity contribution in [2.45, 2.75) is 6.92 Å². The molecule has 0 saturated carbocycles. The van der Waals surface area contributed by atoms with Crippen LogP contribution in [0.5, 0.6) is 0 Å². The summed E-state index contributed by atoms with van der Waals surface area (Å²) in [5, 5.41) is 5.43. The highest BCUT2D eigenvalue weighted by molar-refractivity contribution is 6.08. The van der Waals surface area contributed by atoms with Gasteiger partial charge in [-0.25, -0.2) is 4.79 Å². The Bertz CT molecular complexity index is 852. The number of rotatable bonds is 8. The fourth-order valence-corrected chi connectivity index (χ4v) is 2.36. The van der Waals surface area contributed by atoms with Gasteiger partial charge in [0.05, 0.1) is 17.9 Å². The number of likely N-dealkylation sites (N-methyl/N-ethyl adjacent to an activating group) is 1. The monoisotopic (exact) mass is 384 g/mol. The molecule has 8 heteroatoms. The SMILES string of the molecule is CCOC(=O)c1ccccc1NC(=O)c1cc(C(=O)NCCN(C)C)ccn1. The van der Waals surface area contributed by atoms with Crippen LogP contribution >= 0.6 is 0 Å². The maximum absolute atomic E-state index is 12.6. The van der Waals surface area contributed by atoms with Crippen LogP contribution < -0.4 is 10.6 Å². The minimum Gasteiger partial charge on any atom is -0.462 e. The van der Waals surface area contributed by atoms with E-state index in [9.17, 15) is 14.4 Å². The fraction of sp³-hybridized carbons (Fsp3) is 0.300. The molecule has 0 unspecified atom stereocenters. The molecule has 8 nitrogen and oxygen atoms in total. The van der Waals surface area contributed by atoms with Gasteiger partial charge in [-0.3, -0.25) is 14.6 Å². The third kappa shape index (κ3) is 5.88. The van der Waals surface area contributed by atoms with Crippen molar-refractivity contribution in [3.05, 3.63) is 59.4 Å². The molecule has 0 radical (unpaired) electrons. The summed E-state index contributed by atoms with van der Waals surface area (Å²) in [5.74, 6) is -1.34. The molecule has 1 aromatic carbocycles. The van der Waals surface area contributed by atoms with Crippen molar-refractivity contribution in [2.24, 2.45) is 0 Å². The Morgan fingerprint density at radius 3 is 2.57 bits per heavy atom. The highest BCUT2D eigenvalue weighted by Gasteiger charge is 2.16. The van der Waals surface area contributed by atoms with Gasteiger partial charge >= 0.3 is 5.97 Å². The van der Waals surface area contributed by atoms with E-state index in [0.29, 0.717) is 24.3 Å². The third-order valence-corrected chi connectivity index (χ3v) is 3.77. The molecule has 28 heavy (non-hydrogen) atoms. The number of carbonyl (C=O) groups excluding carboxylic acids is 3. The molecule has 0 fully saturated rings. The summed E-state index contributed by atoms with van der Waals surface area (Å²) in [6.07, 6.45) is 1.40. The smallest absolute Gasteiger partial charge is 0.340 e. The number of nitrogens with zero attached hydrogens (tertiary/aromatic N) is 2. The first-order valence-electron chi connectivity index (χ1n) is 8.89. The summed E-state index contributed by atoms with van der Waals surface area (Å²) in [7, 11) is 3.82. The molecule has 0 spiro atoms. The van der Waals surface area contributed by atoms with Gasteiger partial charge in [0.15, 0.2) is 0 Å². The molecule has 0 aliphatic rings. The Balaban J connectivity index is 2.12. The van der Waals surface area contributed by atoms with Crippen LogP contribution in [0.1, 0.15) is 38.1 Å². The topological polar surface area (TPSA) is 101 Å². The van der Waals surface area contributed by atoms with E-state index in [0.717, 1.165) is 0 Å². The number of aromatic nitrogens is 1. The minimum absolute atomic E-state index is 0.0684. The van der Waals surface area contributed by atoms with Gasteiger partial charge in [0.25, 0.3) is 11.8 Å². The molecule has 2 N–H and O–H groups in total. The predicted octanol–water partition coefficient (Wildman–Crippen LogP) is 1.80. The Labute approximate surface area is 163 Å². The van der Waals surface area contributed by atoms with Gasteiger partial charge in [0, 0.05) is 24.8 Å². The van der Waals surface area contributed by atoms with Gasteiger partial charge in [0.2, 0.25) is 0 Å². The van der Waals surface area contributed by atoms with E-state index in [4.69, 9.17) is 4.74 Å². The van der Waals surface area contributed by atoms with Gasteiger partial charge in [0.1, 0.15) is 5.69 Å². The number of hydrogen-bond acceptors (Lipinski definition) is 6.